The standard InChI is InChI=1S/C11H17ClN2O3S/c1-8(2)17-6-5-14-18(15,16)11-4-3-9(13)7-10(11)12/h3-4,7-8,14H,5-6,13H2,1-2H3. The second-order valence-electron chi connectivity index (χ2n) is 4.01. The van der Waals surface area contributed by atoms with E-state index in [-0.39, 0.29) is 22.6 Å². The topological polar surface area (TPSA) is 81.4 Å². The van der Waals surface area contributed by atoms with Gasteiger partial charge in [0.05, 0.1) is 17.7 Å². The minimum atomic E-state index is -3.62. The Kier molecular flexibility index (Phi) is 5.40. The predicted octanol–water partition coefficient (Wildman–Crippen LogP) is 1.63. The molecule has 0 heterocycles. The lowest BCUT2D eigenvalue weighted by atomic mass is 10.3. The molecule has 0 atom stereocenters. The first-order valence-corrected chi connectivity index (χ1v) is 7.35. The van der Waals surface area contributed by atoms with Crippen molar-refractivity contribution in [2.75, 3.05) is 18.9 Å². The summed E-state index contributed by atoms with van der Waals surface area (Å²) in [5.41, 5.74) is 5.92. The van der Waals surface area contributed by atoms with Crippen LogP contribution in [0, 0.1) is 0 Å². The van der Waals surface area contributed by atoms with Crippen molar-refractivity contribution in [3.8, 4) is 0 Å². The molecule has 102 valence electrons. The molecule has 0 aromatic heterocycles. The van der Waals surface area contributed by atoms with E-state index >= 15 is 0 Å². The van der Waals surface area contributed by atoms with Gasteiger partial charge in [-0.25, -0.2) is 13.1 Å². The van der Waals surface area contributed by atoms with Gasteiger partial charge in [-0.1, -0.05) is 11.6 Å². The van der Waals surface area contributed by atoms with E-state index in [0.717, 1.165) is 0 Å². The number of hydrogen-bond acceptors (Lipinski definition) is 4. The van der Waals surface area contributed by atoms with Crippen LogP contribution in [0.2, 0.25) is 5.02 Å². The Morgan fingerprint density at radius 3 is 2.67 bits per heavy atom. The van der Waals surface area contributed by atoms with E-state index in [1.807, 2.05) is 13.8 Å². The summed E-state index contributed by atoms with van der Waals surface area (Å²) in [7, 11) is -3.62. The van der Waals surface area contributed by atoms with Crippen LogP contribution >= 0.6 is 11.6 Å². The molecule has 0 spiro atoms. The van der Waals surface area contributed by atoms with E-state index < -0.39 is 10.0 Å². The van der Waals surface area contributed by atoms with Crippen molar-refractivity contribution in [3.63, 3.8) is 0 Å². The number of benzene rings is 1. The highest BCUT2D eigenvalue weighted by Crippen LogP contribution is 2.23. The normalized spacial score (nSPS) is 12.0. The highest BCUT2D eigenvalue weighted by molar-refractivity contribution is 7.89. The first kappa shape index (κ1) is 15.2. The second-order valence-corrected chi connectivity index (χ2v) is 6.15. The minimum absolute atomic E-state index is 0.0166. The molecule has 7 heteroatoms. The van der Waals surface area contributed by atoms with Gasteiger partial charge in [-0.15, -0.1) is 0 Å². The van der Waals surface area contributed by atoms with Crippen LogP contribution in [0.25, 0.3) is 0 Å². The number of halogens is 1. The first-order valence-electron chi connectivity index (χ1n) is 5.49. The van der Waals surface area contributed by atoms with E-state index in [0.29, 0.717) is 12.3 Å². The fraction of sp³-hybridized carbons (Fsp3) is 0.455. The molecule has 0 aliphatic heterocycles. The van der Waals surface area contributed by atoms with Crippen LogP contribution in [0.15, 0.2) is 23.1 Å². The molecule has 0 amide bonds. The lowest BCUT2D eigenvalue weighted by molar-refractivity contribution is 0.0834. The minimum Gasteiger partial charge on any atom is -0.399 e. The van der Waals surface area contributed by atoms with Crippen LogP contribution in [0.5, 0.6) is 0 Å². The SMILES string of the molecule is CC(C)OCCNS(=O)(=O)c1ccc(N)cc1Cl. The molecule has 18 heavy (non-hydrogen) atoms. The zero-order valence-corrected chi connectivity index (χ0v) is 11.9. The van der Waals surface area contributed by atoms with Crippen LogP contribution in [0.3, 0.4) is 0 Å². The Morgan fingerprint density at radius 2 is 2.11 bits per heavy atom. The van der Waals surface area contributed by atoms with Gasteiger partial charge < -0.3 is 10.5 Å². The average Bonchev–Trinajstić information content (AvgIpc) is 2.23. The Labute approximate surface area is 112 Å². The van der Waals surface area contributed by atoms with Crippen LogP contribution in [0.1, 0.15) is 13.8 Å². The van der Waals surface area contributed by atoms with Gasteiger partial charge in [-0.2, -0.15) is 0 Å². The predicted molar refractivity (Wildman–Crippen MR) is 72.1 cm³/mol. The molecule has 0 saturated carbocycles. The highest BCUT2D eigenvalue weighted by atomic mass is 35.5. The van der Waals surface area contributed by atoms with Gasteiger partial charge in [-0.05, 0) is 32.0 Å². The number of nitrogens with two attached hydrogens (primary N) is 1. The van der Waals surface area contributed by atoms with Crippen molar-refractivity contribution < 1.29 is 13.2 Å². The average molecular weight is 293 g/mol. The van der Waals surface area contributed by atoms with E-state index in [2.05, 4.69) is 4.72 Å². The molecule has 3 N–H and O–H groups in total. The summed E-state index contributed by atoms with van der Waals surface area (Å²) in [6, 6.07) is 4.27. The Bertz CT molecular complexity index is 503. The van der Waals surface area contributed by atoms with Gasteiger partial charge in [0.2, 0.25) is 10.0 Å². The summed E-state index contributed by atoms with van der Waals surface area (Å²) >= 11 is 5.85. The fourth-order valence-electron chi connectivity index (χ4n) is 1.28. The Morgan fingerprint density at radius 1 is 1.44 bits per heavy atom. The summed E-state index contributed by atoms with van der Waals surface area (Å²) in [4.78, 5) is 0.0166. The van der Waals surface area contributed by atoms with Crippen LogP contribution in [-0.4, -0.2) is 27.7 Å². The van der Waals surface area contributed by atoms with Crippen LogP contribution in [-0.2, 0) is 14.8 Å². The molecule has 0 fully saturated rings. The number of hydrogen-bond donors (Lipinski definition) is 2. The van der Waals surface area contributed by atoms with Gasteiger partial charge in [0.25, 0.3) is 0 Å². The molecule has 1 aromatic carbocycles. The second kappa shape index (κ2) is 6.38. The molecule has 1 aromatic rings. The number of nitrogens with one attached hydrogen (secondary N) is 1. The summed E-state index contributed by atoms with van der Waals surface area (Å²) in [5, 5.41) is 0.104. The molecular weight excluding hydrogens is 276 g/mol. The molecule has 5 nitrogen and oxygen atoms in total. The largest absolute Gasteiger partial charge is 0.399 e. The van der Waals surface area contributed by atoms with Crippen molar-refractivity contribution in [1.82, 2.24) is 4.72 Å². The van der Waals surface area contributed by atoms with Gasteiger partial charge in [0, 0.05) is 12.2 Å². The number of rotatable bonds is 6. The van der Waals surface area contributed by atoms with Gasteiger partial charge >= 0.3 is 0 Å². The summed E-state index contributed by atoms with van der Waals surface area (Å²) in [6.07, 6.45) is 0.0645. The molecule has 0 aliphatic rings. The third-order valence-corrected chi connectivity index (χ3v) is 4.03. The smallest absolute Gasteiger partial charge is 0.242 e. The molecule has 1 rings (SSSR count). The van der Waals surface area contributed by atoms with E-state index in [9.17, 15) is 8.42 Å². The maximum atomic E-state index is 11.9. The molecule has 0 saturated heterocycles. The van der Waals surface area contributed by atoms with Crippen molar-refractivity contribution >= 4 is 27.3 Å². The Balaban J connectivity index is 2.69. The van der Waals surface area contributed by atoms with Gasteiger partial charge in [0.1, 0.15) is 4.90 Å². The third kappa shape index (κ3) is 4.45. The van der Waals surface area contributed by atoms with Crippen molar-refractivity contribution in [3.05, 3.63) is 23.2 Å². The van der Waals surface area contributed by atoms with E-state index in [4.69, 9.17) is 22.1 Å². The number of anilines is 1. The van der Waals surface area contributed by atoms with E-state index in [1.165, 1.54) is 18.2 Å². The van der Waals surface area contributed by atoms with Crippen molar-refractivity contribution in [2.24, 2.45) is 0 Å². The van der Waals surface area contributed by atoms with E-state index in [1.54, 1.807) is 0 Å². The fourth-order valence-corrected chi connectivity index (χ4v) is 2.85. The van der Waals surface area contributed by atoms with Crippen molar-refractivity contribution in [1.29, 1.82) is 0 Å². The summed E-state index contributed by atoms with van der Waals surface area (Å²) < 4.78 is 31.5. The molecule has 0 unspecified atom stereocenters. The Hall–Kier alpha value is -0.820. The van der Waals surface area contributed by atoms with Crippen molar-refractivity contribution in [2.45, 2.75) is 24.8 Å². The lowest BCUT2D eigenvalue weighted by Crippen LogP contribution is -2.28. The molecule has 0 aliphatic carbocycles. The summed E-state index contributed by atoms with van der Waals surface area (Å²) in [6.45, 7) is 4.27. The number of nitrogen functional groups attached to an aromatic ring is 1. The van der Waals surface area contributed by atoms with Gasteiger partial charge in [-0.3, -0.25) is 0 Å². The maximum absolute atomic E-state index is 11.9. The molecule has 0 radical (unpaired) electrons. The maximum Gasteiger partial charge on any atom is 0.242 e. The summed E-state index contributed by atoms with van der Waals surface area (Å²) in [5.74, 6) is 0. The molecular formula is C11H17ClN2O3S. The monoisotopic (exact) mass is 292 g/mol. The number of ether oxygens (including phenoxy) is 1. The third-order valence-electron chi connectivity index (χ3n) is 2.09. The zero-order valence-electron chi connectivity index (χ0n) is 10.3. The molecule has 0 bridgehead atoms. The van der Waals surface area contributed by atoms with Gasteiger partial charge in [0.15, 0.2) is 0 Å². The quantitative estimate of drug-likeness (QED) is 0.617. The highest BCUT2D eigenvalue weighted by Gasteiger charge is 2.17. The van der Waals surface area contributed by atoms with Crippen LogP contribution in [0.4, 0.5) is 5.69 Å². The zero-order chi connectivity index (χ0) is 13.8. The lowest BCUT2D eigenvalue weighted by Gasteiger charge is -2.10. The first-order chi connectivity index (χ1) is 8.33. The van der Waals surface area contributed by atoms with Crippen LogP contribution < -0.4 is 10.5 Å². The number of sulfonamides is 1.